The molecule has 0 aliphatic heterocycles. The molecule has 0 spiro atoms. The van der Waals surface area contributed by atoms with E-state index in [2.05, 4.69) is 15.3 Å². The summed E-state index contributed by atoms with van der Waals surface area (Å²) in [6.07, 6.45) is 0. The van der Waals surface area contributed by atoms with Crippen LogP contribution in [0.25, 0.3) is 10.9 Å². The van der Waals surface area contributed by atoms with Gasteiger partial charge >= 0.3 is 0 Å². The second kappa shape index (κ2) is 7.76. The monoisotopic (exact) mass is 373 g/mol. The molecule has 3 rings (SSSR count). The molecule has 0 aliphatic carbocycles. The van der Waals surface area contributed by atoms with Crippen LogP contribution in [-0.4, -0.2) is 24.2 Å². The van der Waals surface area contributed by atoms with Crippen LogP contribution in [0.4, 0.5) is 0 Å². The van der Waals surface area contributed by atoms with Crippen LogP contribution in [0.3, 0.4) is 0 Å². The van der Waals surface area contributed by atoms with Crippen molar-refractivity contribution >= 4 is 22.5 Å². The van der Waals surface area contributed by atoms with E-state index in [-0.39, 0.29) is 11.6 Å². The standard InChI is InChI=1S/C19H20ClN3O3/c1-11(15-9-13(25-2)5-7-17(15)26-3)21-10-18-22-16-8-12(20)4-6-14(16)19(24)23-18/h4-9,11,21H,10H2,1-3H3,(H,22,23,24)/t11-/m1/s1. The van der Waals surface area contributed by atoms with Gasteiger partial charge in [-0.1, -0.05) is 11.6 Å². The maximum atomic E-state index is 12.2. The molecule has 0 radical (unpaired) electrons. The number of hydrogen-bond acceptors (Lipinski definition) is 5. The summed E-state index contributed by atoms with van der Waals surface area (Å²) in [6, 6.07) is 10.6. The van der Waals surface area contributed by atoms with Crippen molar-refractivity contribution in [2.75, 3.05) is 14.2 Å². The number of methoxy groups -OCH3 is 2. The highest BCUT2D eigenvalue weighted by molar-refractivity contribution is 6.31. The third-order valence-electron chi connectivity index (χ3n) is 4.20. The lowest BCUT2D eigenvalue weighted by Crippen LogP contribution is -2.22. The normalized spacial score (nSPS) is 12.2. The SMILES string of the molecule is COc1ccc(OC)c([C@@H](C)NCc2nc3cc(Cl)ccc3c(=O)[nH]2)c1. The number of fused-ring (bicyclic) bond motifs is 1. The van der Waals surface area contributed by atoms with Gasteiger partial charge in [-0.15, -0.1) is 0 Å². The van der Waals surface area contributed by atoms with E-state index in [1.807, 2.05) is 25.1 Å². The zero-order chi connectivity index (χ0) is 18.7. The summed E-state index contributed by atoms with van der Waals surface area (Å²) < 4.78 is 10.7. The van der Waals surface area contributed by atoms with Crippen LogP contribution in [0.1, 0.15) is 24.4 Å². The Bertz CT molecular complexity index is 987. The number of halogens is 1. The van der Waals surface area contributed by atoms with Gasteiger partial charge in [0.15, 0.2) is 0 Å². The van der Waals surface area contributed by atoms with Gasteiger partial charge in [0.2, 0.25) is 0 Å². The smallest absolute Gasteiger partial charge is 0.258 e. The maximum absolute atomic E-state index is 12.2. The molecule has 0 unspecified atom stereocenters. The Labute approximate surface area is 156 Å². The van der Waals surface area contributed by atoms with Gasteiger partial charge < -0.3 is 19.8 Å². The Hall–Kier alpha value is -2.57. The molecule has 0 saturated carbocycles. The fourth-order valence-corrected chi connectivity index (χ4v) is 2.95. The lowest BCUT2D eigenvalue weighted by atomic mass is 10.1. The van der Waals surface area contributed by atoms with Gasteiger partial charge in [0, 0.05) is 16.6 Å². The van der Waals surface area contributed by atoms with Crippen LogP contribution < -0.4 is 20.3 Å². The number of ether oxygens (including phenoxy) is 2. The van der Waals surface area contributed by atoms with Crippen LogP contribution >= 0.6 is 11.6 Å². The summed E-state index contributed by atoms with van der Waals surface area (Å²) in [4.78, 5) is 19.5. The van der Waals surface area contributed by atoms with Crippen LogP contribution in [0.15, 0.2) is 41.2 Å². The van der Waals surface area contributed by atoms with E-state index >= 15 is 0 Å². The van der Waals surface area contributed by atoms with Crippen molar-refractivity contribution in [3.8, 4) is 11.5 Å². The summed E-state index contributed by atoms with van der Waals surface area (Å²) in [5.41, 5.74) is 1.35. The average Bonchev–Trinajstić information content (AvgIpc) is 2.65. The van der Waals surface area contributed by atoms with Crippen LogP contribution in [0.2, 0.25) is 5.02 Å². The summed E-state index contributed by atoms with van der Waals surface area (Å²) in [5, 5.41) is 4.41. The molecule has 26 heavy (non-hydrogen) atoms. The van der Waals surface area contributed by atoms with Crippen molar-refractivity contribution in [2.24, 2.45) is 0 Å². The molecule has 0 amide bonds. The minimum Gasteiger partial charge on any atom is -0.497 e. The summed E-state index contributed by atoms with van der Waals surface area (Å²) in [6.45, 7) is 2.40. The molecule has 1 atom stereocenters. The first kappa shape index (κ1) is 18.2. The minimum absolute atomic E-state index is 0.0413. The molecule has 1 aromatic heterocycles. The Balaban J connectivity index is 1.83. The lowest BCUT2D eigenvalue weighted by molar-refractivity contribution is 0.391. The van der Waals surface area contributed by atoms with E-state index in [1.54, 1.807) is 32.4 Å². The second-order valence-corrected chi connectivity index (χ2v) is 6.32. The molecule has 0 bridgehead atoms. The number of aromatic amines is 1. The zero-order valence-corrected chi connectivity index (χ0v) is 15.6. The van der Waals surface area contributed by atoms with E-state index in [4.69, 9.17) is 21.1 Å². The Morgan fingerprint density at radius 3 is 2.73 bits per heavy atom. The van der Waals surface area contributed by atoms with E-state index in [0.29, 0.717) is 28.3 Å². The van der Waals surface area contributed by atoms with Crippen molar-refractivity contribution in [3.63, 3.8) is 0 Å². The summed E-state index contributed by atoms with van der Waals surface area (Å²) >= 11 is 6.00. The highest BCUT2D eigenvalue weighted by Gasteiger charge is 2.13. The minimum atomic E-state index is -0.185. The van der Waals surface area contributed by atoms with Gasteiger partial charge in [-0.25, -0.2) is 4.98 Å². The first-order valence-corrected chi connectivity index (χ1v) is 8.53. The summed E-state index contributed by atoms with van der Waals surface area (Å²) in [5.74, 6) is 2.05. The highest BCUT2D eigenvalue weighted by atomic mass is 35.5. The van der Waals surface area contributed by atoms with Gasteiger partial charge in [0.25, 0.3) is 5.56 Å². The van der Waals surface area contributed by atoms with E-state index in [1.165, 1.54) is 0 Å². The fraction of sp³-hybridized carbons (Fsp3) is 0.263. The maximum Gasteiger partial charge on any atom is 0.258 e. The van der Waals surface area contributed by atoms with Crippen molar-refractivity contribution in [1.82, 2.24) is 15.3 Å². The summed E-state index contributed by atoms with van der Waals surface area (Å²) in [7, 11) is 3.25. The molecule has 0 aliphatic rings. The number of nitrogens with zero attached hydrogens (tertiary/aromatic N) is 1. The number of hydrogen-bond donors (Lipinski definition) is 2. The predicted octanol–water partition coefficient (Wildman–Crippen LogP) is 3.44. The Kier molecular flexibility index (Phi) is 5.44. The molecule has 0 saturated heterocycles. The predicted molar refractivity (Wildman–Crippen MR) is 102 cm³/mol. The van der Waals surface area contributed by atoms with Gasteiger partial charge in [-0.3, -0.25) is 4.79 Å². The number of nitrogens with one attached hydrogen (secondary N) is 2. The fourth-order valence-electron chi connectivity index (χ4n) is 2.78. The van der Waals surface area contributed by atoms with Crippen molar-refractivity contribution < 1.29 is 9.47 Å². The van der Waals surface area contributed by atoms with E-state index in [0.717, 1.165) is 17.1 Å². The van der Waals surface area contributed by atoms with Crippen molar-refractivity contribution in [3.05, 3.63) is 63.2 Å². The van der Waals surface area contributed by atoms with Gasteiger partial charge in [-0.2, -0.15) is 0 Å². The number of H-pyrrole nitrogens is 1. The second-order valence-electron chi connectivity index (χ2n) is 5.88. The first-order chi connectivity index (χ1) is 12.5. The molecule has 0 fully saturated rings. The molecule has 2 aromatic carbocycles. The van der Waals surface area contributed by atoms with Crippen LogP contribution in [-0.2, 0) is 6.54 Å². The van der Waals surface area contributed by atoms with E-state index in [9.17, 15) is 4.79 Å². The zero-order valence-electron chi connectivity index (χ0n) is 14.8. The van der Waals surface area contributed by atoms with Gasteiger partial charge in [0.1, 0.15) is 17.3 Å². The lowest BCUT2D eigenvalue weighted by Gasteiger charge is -2.18. The van der Waals surface area contributed by atoms with Crippen molar-refractivity contribution in [2.45, 2.75) is 19.5 Å². The van der Waals surface area contributed by atoms with Crippen LogP contribution in [0, 0.1) is 0 Å². The quantitative estimate of drug-likeness (QED) is 0.692. The molecule has 3 aromatic rings. The number of benzene rings is 2. The molecule has 136 valence electrons. The van der Waals surface area contributed by atoms with E-state index < -0.39 is 0 Å². The number of aromatic nitrogens is 2. The molecule has 7 heteroatoms. The molecular formula is C19H20ClN3O3. The first-order valence-electron chi connectivity index (χ1n) is 8.15. The van der Waals surface area contributed by atoms with Crippen molar-refractivity contribution in [1.29, 1.82) is 0 Å². The van der Waals surface area contributed by atoms with Gasteiger partial charge in [0.05, 0.1) is 31.7 Å². The largest absolute Gasteiger partial charge is 0.497 e. The third kappa shape index (κ3) is 3.81. The Morgan fingerprint density at radius 1 is 1.19 bits per heavy atom. The average molecular weight is 374 g/mol. The topological polar surface area (TPSA) is 76.2 Å². The van der Waals surface area contributed by atoms with Gasteiger partial charge in [-0.05, 0) is 43.3 Å². The third-order valence-corrected chi connectivity index (χ3v) is 4.43. The van der Waals surface area contributed by atoms with Crippen LogP contribution in [0.5, 0.6) is 11.5 Å². The Morgan fingerprint density at radius 2 is 2.00 bits per heavy atom. The highest BCUT2D eigenvalue weighted by Crippen LogP contribution is 2.29. The number of rotatable bonds is 6. The molecular weight excluding hydrogens is 354 g/mol. The molecule has 1 heterocycles. The molecule has 6 nitrogen and oxygen atoms in total. The molecule has 2 N–H and O–H groups in total.